The van der Waals surface area contributed by atoms with Gasteiger partial charge < -0.3 is 10.1 Å². The second kappa shape index (κ2) is 10.3. The number of nitrogens with one attached hydrogen (secondary N) is 1. The van der Waals surface area contributed by atoms with Crippen LogP contribution in [-0.2, 0) is 4.79 Å². The Balaban J connectivity index is 1.72. The molecule has 0 fully saturated rings. The predicted molar refractivity (Wildman–Crippen MR) is 134 cm³/mol. The van der Waals surface area contributed by atoms with E-state index in [4.69, 9.17) is 4.98 Å². The van der Waals surface area contributed by atoms with E-state index in [1.807, 2.05) is 32.0 Å². The largest absolute Gasteiger partial charge is 0.433 e. The molecule has 1 heterocycles. The van der Waals surface area contributed by atoms with Gasteiger partial charge >= 0.3 is 6.61 Å². The number of para-hydroxylation sites is 3. The first-order chi connectivity index (χ1) is 16.8. The number of rotatable bonds is 7. The fourth-order valence-electron chi connectivity index (χ4n) is 3.60. The Hall–Kier alpha value is -3.72. The number of ether oxygens (including phenoxy) is 1. The van der Waals surface area contributed by atoms with Gasteiger partial charge in [0.25, 0.3) is 5.56 Å². The molecule has 0 saturated heterocycles. The molecule has 3 aromatic carbocycles. The minimum atomic E-state index is -3.02. The van der Waals surface area contributed by atoms with Gasteiger partial charge in [0.15, 0.2) is 5.16 Å². The molecule has 9 heteroatoms. The van der Waals surface area contributed by atoms with Crippen LogP contribution in [0.1, 0.15) is 18.1 Å². The maximum atomic E-state index is 13.5. The van der Waals surface area contributed by atoms with Crippen molar-refractivity contribution in [2.24, 2.45) is 0 Å². The Bertz CT molecular complexity index is 1460. The van der Waals surface area contributed by atoms with E-state index in [1.54, 1.807) is 37.3 Å². The minimum absolute atomic E-state index is 0.128. The molecular formula is C26H23F2N3O3S. The molecule has 0 saturated carbocycles. The van der Waals surface area contributed by atoms with Crippen LogP contribution in [0.4, 0.5) is 14.5 Å². The van der Waals surface area contributed by atoms with E-state index < -0.39 is 17.8 Å². The Morgan fingerprint density at radius 2 is 1.74 bits per heavy atom. The van der Waals surface area contributed by atoms with Crippen molar-refractivity contribution in [1.82, 2.24) is 9.55 Å². The molecule has 35 heavy (non-hydrogen) atoms. The van der Waals surface area contributed by atoms with Gasteiger partial charge in [-0.1, -0.05) is 48.2 Å². The molecular weight excluding hydrogens is 472 g/mol. The van der Waals surface area contributed by atoms with Crippen molar-refractivity contribution in [2.75, 3.05) is 5.32 Å². The summed E-state index contributed by atoms with van der Waals surface area (Å²) < 4.78 is 31.5. The Morgan fingerprint density at radius 3 is 2.51 bits per heavy atom. The monoisotopic (exact) mass is 495 g/mol. The van der Waals surface area contributed by atoms with E-state index >= 15 is 0 Å². The van der Waals surface area contributed by atoms with Crippen molar-refractivity contribution >= 4 is 34.3 Å². The number of aromatic nitrogens is 2. The highest BCUT2D eigenvalue weighted by Gasteiger charge is 2.22. The standard InChI is InChI=1S/C26H23F2N3O3S/c1-15-9-8-13-21(16(15)2)31-24(33)18-10-4-5-11-19(18)30-26(31)35-17(3)23(32)29-20-12-6-7-14-22(20)34-25(27)28/h4-14,17,25H,1-3H3,(H,29,32). The number of carbonyl (C=O) groups is 1. The number of benzene rings is 3. The number of aryl methyl sites for hydroxylation is 1. The average molecular weight is 496 g/mol. The Labute approximate surface area is 205 Å². The molecule has 4 rings (SSSR count). The van der Waals surface area contributed by atoms with Crippen LogP contribution in [0.2, 0.25) is 0 Å². The Morgan fingerprint density at radius 1 is 1.03 bits per heavy atom. The van der Waals surface area contributed by atoms with Gasteiger partial charge in [-0.2, -0.15) is 8.78 Å². The van der Waals surface area contributed by atoms with Crippen molar-refractivity contribution < 1.29 is 18.3 Å². The van der Waals surface area contributed by atoms with Gasteiger partial charge in [-0.3, -0.25) is 14.2 Å². The zero-order valence-electron chi connectivity index (χ0n) is 19.3. The number of hydrogen-bond donors (Lipinski definition) is 1. The van der Waals surface area contributed by atoms with Crippen LogP contribution in [0.25, 0.3) is 16.6 Å². The summed E-state index contributed by atoms with van der Waals surface area (Å²) in [5.74, 6) is -0.584. The van der Waals surface area contributed by atoms with Crippen LogP contribution >= 0.6 is 11.8 Å². The first-order valence-corrected chi connectivity index (χ1v) is 11.7. The highest BCUT2D eigenvalue weighted by Crippen LogP contribution is 2.30. The molecule has 1 unspecified atom stereocenters. The van der Waals surface area contributed by atoms with Crippen LogP contribution in [0.5, 0.6) is 5.75 Å². The summed E-state index contributed by atoms with van der Waals surface area (Å²) in [6.07, 6.45) is 0. The number of amides is 1. The van der Waals surface area contributed by atoms with Gasteiger partial charge in [0, 0.05) is 0 Å². The molecule has 1 N–H and O–H groups in total. The zero-order valence-corrected chi connectivity index (χ0v) is 20.1. The Kier molecular flexibility index (Phi) is 7.16. The molecule has 0 spiro atoms. The number of carbonyl (C=O) groups excluding carboxylic acids is 1. The second-order valence-electron chi connectivity index (χ2n) is 7.90. The van der Waals surface area contributed by atoms with E-state index in [0.29, 0.717) is 21.7 Å². The predicted octanol–water partition coefficient (Wildman–Crippen LogP) is 5.72. The zero-order chi connectivity index (χ0) is 25.1. The van der Waals surface area contributed by atoms with E-state index in [9.17, 15) is 18.4 Å². The van der Waals surface area contributed by atoms with Gasteiger partial charge in [0.2, 0.25) is 5.91 Å². The molecule has 1 amide bonds. The van der Waals surface area contributed by atoms with Crippen molar-refractivity contribution in [3.8, 4) is 11.4 Å². The van der Waals surface area contributed by atoms with Crippen molar-refractivity contribution in [1.29, 1.82) is 0 Å². The molecule has 1 aromatic heterocycles. The summed E-state index contributed by atoms with van der Waals surface area (Å²) in [7, 11) is 0. The molecule has 1 atom stereocenters. The smallest absolute Gasteiger partial charge is 0.387 e. The van der Waals surface area contributed by atoms with E-state index in [-0.39, 0.29) is 17.0 Å². The lowest BCUT2D eigenvalue weighted by molar-refractivity contribution is -0.115. The van der Waals surface area contributed by atoms with Crippen LogP contribution < -0.4 is 15.6 Å². The number of fused-ring (bicyclic) bond motifs is 1. The maximum Gasteiger partial charge on any atom is 0.387 e. The topological polar surface area (TPSA) is 73.2 Å². The highest BCUT2D eigenvalue weighted by atomic mass is 32.2. The molecule has 0 aliphatic rings. The van der Waals surface area contributed by atoms with Crippen LogP contribution in [-0.4, -0.2) is 27.3 Å². The molecule has 0 bridgehead atoms. The van der Waals surface area contributed by atoms with Crippen LogP contribution in [0, 0.1) is 13.8 Å². The summed E-state index contributed by atoms with van der Waals surface area (Å²) in [6, 6.07) is 18.7. The van der Waals surface area contributed by atoms with E-state index in [1.165, 1.54) is 22.8 Å². The van der Waals surface area contributed by atoms with Gasteiger partial charge in [-0.15, -0.1) is 0 Å². The number of alkyl halides is 2. The van der Waals surface area contributed by atoms with E-state index in [2.05, 4.69) is 10.1 Å². The number of nitrogens with zero attached hydrogens (tertiary/aromatic N) is 2. The lowest BCUT2D eigenvalue weighted by Gasteiger charge is -2.19. The summed E-state index contributed by atoms with van der Waals surface area (Å²) in [5.41, 5.74) is 3.02. The third kappa shape index (κ3) is 5.19. The maximum absolute atomic E-state index is 13.5. The third-order valence-electron chi connectivity index (χ3n) is 5.57. The normalized spacial score (nSPS) is 12.1. The second-order valence-corrected chi connectivity index (χ2v) is 9.20. The molecule has 6 nitrogen and oxygen atoms in total. The molecule has 0 aliphatic carbocycles. The number of thioether (sulfide) groups is 1. The summed E-state index contributed by atoms with van der Waals surface area (Å²) in [6.45, 7) is 2.52. The number of anilines is 1. The fourth-order valence-corrected chi connectivity index (χ4v) is 4.52. The average Bonchev–Trinajstić information content (AvgIpc) is 2.82. The first-order valence-electron chi connectivity index (χ1n) is 10.9. The van der Waals surface area contributed by atoms with Crippen molar-refractivity contribution in [2.45, 2.75) is 37.8 Å². The van der Waals surface area contributed by atoms with Crippen LogP contribution in [0.3, 0.4) is 0 Å². The van der Waals surface area contributed by atoms with Crippen LogP contribution in [0.15, 0.2) is 76.7 Å². The van der Waals surface area contributed by atoms with Gasteiger partial charge in [0.05, 0.1) is 27.5 Å². The van der Waals surface area contributed by atoms with Gasteiger partial charge in [-0.25, -0.2) is 4.98 Å². The third-order valence-corrected chi connectivity index (χ3v) is 6.63. The number of halogens is 2. The summed E-state index contributed by atoms with van der Waals surface area (Å²) >= 11 is 1.11. The quantitative estimate of drug-likeness (QED) is 0.262. The van der Waals surface area contributed by atoms with Crippen molar-refractivity contribution in [3.05, 3.63) is 88.2 Å². The fraction of sp³-hybridized carbons (Fsp3) is 0.192. The highest BCUT2D eigenvalue weighted by molar-refractivity contribution is 8.00. The lowest BCUT2D eigenvalue weighted by atomic mass is 10.1. The SMILES string of the molecule is Cc1cccc(-n2c(SC(C)C(=O)Nc3ccccc3OC(F)F)nc3ccccc3c2=O)c1C. The van der Waals surface area contributed by atoms with Gasteiger partial charge in [0.1, 0.15) is 5.75 Å². The summed E-state index contributed by atoms with van der Waals surface area (Å²) in [4.78, 5) is 31.2. The number of hydrogen-bond acceptors (Lipinski definition) is 5. The molecule has 0 radical (unpaired) electrons. The molecule has 180 valence electrons. The van der Waals surface area contributed by atoms with Gasteiger partial charge in [-0.05, 0) is 62.2 Å². The minimum Gasteiger partial charge on any atom is -0.433 e. The van der Waals surface area contributed by atoms with Crippen molar-refractivity contribution in [3.63, 3.8) is 0 Å². The van der Waals surface area contributed by atoms with E-state index in [0.717, 1.165) is 22.9 Å². The molecule has 4 aromatic rings. The first kappa shape index (κ1) is 24.4. The lowest BCUT2D eigenvalue weighted by Crippen LogP contribution is -2.27. The molecule has 0 aliphatic heterocycles. The summed E-state index contributed by atoms with van der Waals surface area (Å²) in [5, 5.41) is 2.74.